The van der Waals surface area contributed by atoms with Gasteiger partial charge in [-0.15, -0.1) is 0 Å². The summed E-state index contributed by atoms with van der Waals surface area (Å²) in [5.41, 5.74) is 0. The molecule has 0 fully saturated rings. The van der Waals surface area contributed by atoms with Gasteiger partial charge in [-0.2, -0.15) is 10.2 Å². The molecule has 6 heteroatoms. The molecular formula is C10H9Cl2N2O2-. The molecule has 0 aliphatic carbocycles. The molecule has 0 aliphatic heterocycles. The lowest BCUT2D eigenvalue weighted by Crippen LogP contribution is -2.25. The summed E-state index contributed by atoms with van der Waals surface area (Å²) in [6.07, 6.45) is 1.41. The minimum absolute atomic E-state index is 0.210. The molecule has 0 N–H and O–H groups in total. The van der Waals surface area contributed by atoms with E-state index in [1.807, 2.05) is 0 Å². The second-order valence-electron chi connectivity index (χ2n) is 2.73. The molecule has 0 aromatic heterocycles. The molecule has 0 atom stereocenters. The Kier molecular flexibility index (Phi) is 5.08. The summed E-state index contributed by atoms with van der Waals surface area (Å²) in [4.78, 5) is 0. The third-order valence-electron chi connectivity index (χ3n) is 1.53. The Morgan fingerprint density at radius 1 is 1.50 bits per heavy atom. The highest BCUT2D eigenvalue weighted by molar-refractivity contribution is 6.35. The maximum Gasteiger partial charge on any atom is 0.138 e. The number of nitrogens with zero attached hydrogens (tertiary/aromatic N) is 2. The molecule has 0 bridgehead atoms. The molecule has 1 rings (SSSR count). The first-order valence-corrected chi connectivity index (χ1v) is 5.18. The van der Waals surface area contributed by atoms with Crippen LogP contribution in [0.1, 0.15) is 6.92 Å². The average molecular weight is 260 g/mol. The Bertz CT molecular complexity index is 419. The maximum absolute atomic E-state index is 11.1. The largest absolute Gasteiger partial charge is 0.858 e. The molecule has 0 spiro atoms. The smallest absolute Gasteiger partial charge is 0.138 e. The van der Waals surface area contributed by atoms with E-state index in [0.29, 0.717) is 15.8 Å². The fourth-order valence-corrected chi connectivity index (χ4v) is 1.35. The van der Waals surface area contributed by atoms with Gasteiger partial charge in [-0.3, -0.25) is 0 Å². The standard InChI is InChI=1S/C10H10Cl2N2O2/c1-2-13-14-10(15)6-16-9-4-3-7(11)5-8(9)12/h2-5H,6H2,1H3,(H,14,15)/p-1. The highest BCUT2D eigenvalue weighted by atomic mass is 35.5. The van der Waals surface area contributed by atoms with Crippen molar-refractivity contribution < 1.29 is 9.84 Å². The first-order chi connectivity index (χ1) is 7.63. The van der Waals surface area contributed by atoms with E-state index in [9.17, 15) is 5.11 Å². The van der Waals surface area contributed by atoms with Gasteiger partial charge in [-0.05, 0) is 25.1 Å². The number of benzene rings is 1. The van der Waals surface area contributed by atoms with E-state index in [0.717, 1.165) is 0 Å². The summed E-state index contributed by atoms with van der Waals surface area (Å²) in [5, 5.41) is 18.7. The van der Waals surface area contributed by atoms with E-state index >= 15 is 0 Å². The van der Waals surface area contributed by atoms with E-state index < -0.39 is 5.90 Å². The van der Waals surface area contributed by atoms with Crippen LogP contribution in [0.25, 0.3) is 0 Å². The molecule has 4 nitrogen and oxygen atoms in total. The molecule has 86 valence electrons. The Morgan fingerprint density at radius 3 is 2.88 bits per heavy atom. The van der Waals surface area contributed by atoms with Crippen molar-refractivity contribution in [3.05, 3.63) is 28.2 Å². The van der Waals surface area contributed by atoms with Crippen LogP contribution in [0, 0.1) is 0 Å². The molecule has 0 amide bonds. The van der Waals surface area contributed by atoms with Gasteiger partial charge in [0, 0.05) is 17.1 Å². The van der Waals surface area contributed by atoms with Gasteiger partial charge in [0.05, 0.1) is 5.02 Å². The van der Waals surface area contributed by atoms with E-state index in [-0.39, 0.29) is 6.61 Å². The molecule has 0 unspecified atom stereocenters. The zero-order valence-electron chi connectivity index (χ0n) is 8.48. The molecule has 0 saturated heterocycles. The summed E-state index contributed by atoms with van der Waals surface area (Å²) in [6, 6.07) is 4.74. The lowest BCUT2D eigenvalue weighted by atomic mass is 10.3. The lowest BCUT2D eigenvalue weighted by Gasteiger charge is -2.11. The molecule has 16 heavy (non-hydrogen) atoms. The molecular weight excluding hydrogens is 251 g/mol. The van der Waals surface area contributed by atoms with Gasteiger partial charge < -0.3 is 9.84 Å². The minimum atomic E-state index is -0.482. The average Bonchev–Trinajstić information content (AvgIpc) is 2.25. The normalized spacial score (nSPS) is 12.1. The monoisotopic (exact) mass is 259 g/mol. The van der Waals surface area contributed by atoms with E-state index in [1.165, 1.54) is 12.3 Å². The van der Waals surface area contributed by atoms with Crippen LogP contribution in [0.3, 0.4) is 0 Å². The van der Waals surface area contributed by atoms with Crippen molar-refractivity contribution in [3.63, 3.8) is 0 Å². The highest BCUT2D eigenvalue weighted by Gasteiger charge is 2.01. The van der Waals surface area contributed by atoms with Crippen molar-refractivity contribution in [2.24, 2.45) is 10.2 Å². The first-order valence-electron chi connectivity index (χ1n) is 4.43. The second-order valence-corrected chi connectivity index (χ2v) is 3.57. The quantitative estimate of drug-likeness (QED) is 0.473. The zero-order valence-corrected chi connectivity index (χ0v) is 10.00. The summed E-state index contributed by atoms with van der Waals surface area (Å²) in [6.45, 7) is 1.45. The van der Waals surface area contributed by atoms with Gasteiger partial charge in [-0.25, -0.2) is 0 Å². The predicted molar refractivity (Wildman–Crippen MR) is 63.6 cm³/mol. The van der Waals surface area contributed by atoms with E-state index in [2.05, 4.69) is 10.2 Å². The van der Waals surface area contributed by atoms with Crippen molar-refractivity contribution in [1.29, 1.82) is 0 Å². The van der Waals surface area contributed by atoms with Gasteiger partial charge in [0.2, 0.25) is 0 Å². The van der Waals surface area contributed by atoms with Crippen LogP contribution in [0.2, 0.25) is 10.0 Å². The van der Waals surface area contributed by atoms with Gasteiger partial charge >= 0.3 is 0 Å². The van der Waals surface area contributed by atoms with Crippen LogP contribution >= 0.6 is 23.2 Å². The van der Waals surface area contributed by atoms with Crippen molar-refractivity contribution in [2.75, 3.05) is 6.61 Å². The van der Waals surface area contributed by atoms with Crippen LogP contribution in [0.4, 0.5) is 0 Å². The third-order valence-corrected chi connectivity index (χ3v) is 2.06. The second kappa shape index (κ2) is 6.35. The zero-order chi connectivity index (χ0) is 12.0. The number of hydrogen-bond donors (Lipinski definition) is 0. The molecule has 0 aliphatic rings. The van der Waals surface area contributed by atoms with Crippen LogP contribution < -0.4 is 9.84 Å². The van der Waals surface area contributed by atoms with Gasteiger partial charge in [0.25, 0.3) is 0 Å². The Hall–Kier alpha value is -1.26. The molecule has 1 aromatic carbocycles. The Labute approximate surface area is 103 Å². The number of hydrogen-bond acceptors (Lipinski definition) is 4. The number of rotatable bonds is 4. The third kappa shape index (κ3) is 4.08. The maximum atomic E-state index is 11.1. The van der Waals surface area contributed by atoms with Crippen molar-refractivity contribution in [1.82, 2.24) is 0 Å². The molecule has 0 radical (unpaired) electrons. The minimum Gasteiger partial charge on any atom is -0.858 e. The van der Waals surface area contributed by atoms with Crippen LogP contribution in [0.15, 0.2) is 28.4 Å². The summed E-state index contributed by atoms with van der Waals surface area (Å²) >= 11 is 11.5. The molecule has 0 heterocycles. The van der Waals surface area contributed by atoms with Crippen molar-refractivity contribution in [3.8, 4) is 5.75 Å². The highest BCUT2D eigenvalue weighted by Crippen LogP contribution is 2.27. The lowest BCUT2D eigenvalue weighted by molar-refractivity contribution is -0.221. The summed E-state index contributed by atoms with van der Waals surface area (Å²) < 4.78 is 5.14. The van der Waals surface area contributed by atoms with Gasteiger partial charge in [0.1, 0.15) is 12.4 Å². The van der Waals surface area contributed by atoms with Crippen LogP contribution in [-0.2, 0) is 0 Å². The fraction of sp³-hybridized carbons (Fsp3) is 0.200. The Morgan fingerprint density at radius 2 is 2.25 bits per heavy atom. The predicted octanol–water partition coefficient (Wildman–Crippen LogP) is 2.14. The SMILES string of the molecule is CC=NN=C([O-])COc1ccc(Cl)cc1Cl. The number of halogens is 2. The summed E-state index contributed by atoms with van der Waals surface area (Å²) in [5.74, 6) is -0.0980. The van der Waals surface area contributed by atoms with Crippen molar-refractivity contribution >= 4 is 35.3 Å². The number of ether oxygens (including phenoxy) is 1. The molecule has 1 aromatic rings. The first kappa shape index (κ1) is 12.8. The van der Waals surface area contributed by atoms with Crippen LogP contribution in [-0.4, -0.2) is 18.7 Å². The Balaban J connectivity index is 2.61. The van der Waals surface area contributed by atoms with E-state index in [4.69, 9.17) is 27.9 Å². The topological polar surface area (TPSA) is 57.0 Å². The summed E-state index contributed by atoms with van der Waals surface area (Å²) in [7, 11) is 0. The van der Waals surface area contributed by atoms with Gasteiger partial charge in [0.15, 0.2) is 0 Å². The van der Waals surface area contributed by atoms with Gasteiger partial charge in [-0.1, -0.05) is 23.2 Å². The van der Waals surface area contributed by atoms with Crippen LogP contribution in [0.5, 0.6) is 5.75 Å². The fourth-order valence-electron chi connectivity index (χ4n) is 0.883. The van der Waals surface area contributed by atoms with E-state index in [1.54, 1.807) is 19.1 Å². The van der Waals surface area contributed by atoms with Crippen molar-refractivity contribution in [2.45, 2.75) is 6.92 Å². The molecule has 0 saturated carbocycles.